The lowest BCUT2D eigenvalue weighted by Gasteiger charge is -2.10. The molecule has 0 unspecified atom stereocenters. The first-order valence-electron chi connectivity index (χ1n) is 8.48. The molecule has 128 valence electrons. The maximum absolute atomic E-state index is 11.9. The SMILES string of the molecule is COc1cc(C)ccc1-c1cc2cc(NC(=O)C3CC3)ncc2n1C. The Bertz CT molecular complexity index is 970. The van der Waals surface area contributed by atoms with Crippen molar-refractivity contribution < 1.29 is 9.53 Å². The van der Waals surface area contributed by atoms with Crippen molar-refractivity contribution >= 4 is 22.6 Å². The zero-order valence-corrected chi connectivity index (χ0v) is 14.7. The van der Waals surface area contributed by atoms with E-state index in [9.17, 15) is 4.79 Å². The first-order chi connectivity index (χ1) is 12.1. The van der Waals surface area contributed by atoms with E-state index in [-0.39, 0.29) is 11.8 Å². The van der Waals surface area contributed by atoms with Gasteiger partial charge in [0.25, 0.3) is 0 Å². The van der Waals surface area contributed by atoms with Crippen molar-refractivity contribution in [2.75, 3.05) is 12.4 Å². The van der Waals surface area contributed by atoms with Crippen LogP contribution in [0.3, 0.4) is 0 Å². The summed E-state index contributed by atoms with van der Waals surface area (Å²) in [5.74, 6) is 1.70. The first-order valence-corrected chi connectivity index (χ1v) is 8.48. The molecule has 0 radical (unpaired) electrons. The summed E-state index contributed by atoms with van der Waals surface area (Å²) in [6.45, 7) is 2.05. The van der Waals surface area contributed by atoms with Gasteiger partial charge in [0.15, 0.2) is 0 Å². The smallest absolute Gasteiger partial charge is 0.228 e. The van der Waals surface area contributed by atoms with E-state index in [1.807, 2.05) is 32.3 Å². The Labute approximate surface area is 146 Å². The predicted octanol–water partition coefficient (Wildman–Crippen LogP) is 3.91. The number of fused-ring (bicyclic) bond motifs is 1. The number of aryl methyl sites for hydroxylation is 2. The van der Waals surface area contributed by atoms with Crippen LogP contribution < -0.4 is 10.1 Å². The minimum absolute atomic E-state index is 0.0724. The van der Waals surface area contributed by atoms with Crippen molar-refractivity contribution in [3.05, 3.63) is 42.1 Å². The van der Waals surface area contributed by atoms with E-state index in [0.29, 0.717) is 5.82 Å². The summed E-state index contributed by atoms with van der Waals surface area (Å²) in [5.41, 5.74) is 4.27. The third-order valence-electron chi connectivity index (χ3n) is 4.76. The molecule has 2 aromatic heterocycles. The number of pyridine rings is 1. The summed E-state index contributed by atoms with van der Waals surface area (Å²) in [6, 6.07) is 10.2. The normalized spacial score (nSPS) is 13.9. The van der Waals surface area contributed by atoms with Crippen molar-refractivity contribution in [2.45, 2.75) is 19.8 Å². The highest BCUT2D eigenvalue weighted by Gasteiger charge is 2.29. The zero-order chi connectivity index (χ0) is 17.6. The summed E-state index contributed by atoms with van der Waals surface area (Å²) in [4.78, 5) is 16.3. The average Bonchev–Trinajstić information content (AvgIpc) is 3.40. The molecule has 1 N–H and O–H groups in total. The van der Waals surface area contributed by atoms with Gasteiger partial charge in [-0.05, 0) is 49.6 Å². The average molecular weight is 335 g/mol. The fourth-order valence-electron chi connectivity index (χ4n) is 3.14. The summed E-state index contributed by atoms with van der Waals surface area (Å²) in [6.07, 6.45) is 3.77. The van der Waals surface area contributed by atoms with E-state index < -0.39 is 0 Å². The van der Waals surface area contributed by atoms with Gasteiger partial charge < -0.3 is 14.6 Å². The van der Waals surface area contributed by atoms with Crippen LogP contribution in [0.25, 0.3) is 22.2 Å². The number of hydrogen-bond acceptors (Lipinski definition) is 3. The number of anilines is 1. The fourth-order valence-corrected chi connectivity index (χ4v) is 3.14. The number of carbonyl (C=O) groups is 1. The van der Waals surface area contributed by atoms with Crippen LogP contribution in [0.1, 0.15) is 18.4 Å². The molecule has 1 aliphatic rings. The lowest BCUT2D eigenvalue weighted by atomic mass is 10.1. The number of methoxy groups -OCH3 is 1. The van der Waals surface area contributed by atoms with Crippen LogP contribution >= 0.6 is 0 Å². The molecule has 0 saturated heterocycles. The Morgan fingerprint density at radius 3 is 2.80 bits per heavy atom. The van der Waals surface area contributed by atoms with E-state index >= 15 is 0 Å². The number of amides is 1. The molecule has 1 fully saturated rings. The Balaban J connectivity index is 1.75. The molecule has 0 atom stereocenters. The molecule has 0 aliphatic heterocycles. The minimum atomic E-state index is 0.0724. The maximum Gasteiger partial charge on any atom is 0.228 e. The van der Waals surface area contributed by atoms with E-state index in [2.05, 4.69) is 33.1 Å². The van der Waals surface area contributed by atoms with E-state index in [4.69, 9.17) is 4.74 Å². The summed E-state index contributed by atoms with van der Waals surface area (Å²) in [7, 11) is 3.70. The second kappa shape index (κ2) is 5.92. The maximum atomic E-state index is 11.9. The topological polar surface area (TPSA) is 56.1 Å². The second-order valence-electron chi connectivity index (χ2n) is 6.68. The number of ether oxygens (including phenoxy) is 1. The number of carbonyl (C=O) groups excluding carboxylic acids is 1. The van der Waals surface area contributed by atoms with Crippen LogP contribution in [-0.4, -0.2) is 22.6 Å². The van der Waals surface area contributed by atoms with Gasteiger partial charge in [0, 0.05) is 23.9 Å². The summed E-state index contributed by atoms with van der Waals surface area (Å²) < 4.78 is 7.65. The Hall–Kier alpha value is -2.82. The van der Waals surface area contributed by atoms with Crippen LogP contribution in [0.5, 0.6) is 5.75 Å². The first kappa shape index (κ1) is 15.7. The summed E-state index contributed by atoms with van der Waals surface area (Å²) in [5, 5.41) is 3.95. The van der Waals surface area contributed by atoms with Gasteiger partial charge in [0.2, 0.25) is 5.91 Å². The molecule has 0 spiro atoms. The number of nitrogens with one attached hydrogen (secondary N) is 1. The highest BCUT2D eigenvalue weighted by atomic mass is 16.5. The van der Waals surface area contributed by atoms with Gasteiger partial charge in [-0.15, -0.1) is 0 Å². The largest absolute Gasteiger partial charge is 0.496 e. The lowest BCUT2D eigenvalue weighted by Crippen LogP contribution is -2.14. The Kier molecular flexibility index (Phi) is 3.71. The predicted molar refractivity (Wildman–Crippen MR) is 98.8 cm³/mol. The Morgan fingerprint density at radius 2 is 2.08 bits per heavy atom. The van der Waals surface area contributed by atoms with Gasteiger partial charge in [0.05, 0.1) is 24.5 Å². The molecular formula is C20H21N3O2. The van der Waals surface area contributed by atoms with Gasteiger partial charge in [-0.3, -0.25) is 4.79 Å². The molecule has 4 rings (SSSR count). The molecule has 2 heterocycles. The lowest BCUT2D eigenvalue weighted by molar-refractivity contribution is -0.117. The van der Waals surface area contributed by atoms with E-state index in [1.165, 1.54) is 0 Å². The quantitative estimate of drug-likeness (QED) is 0.786. The summed E-state index contributed by atoms with van der Waals surface area (Å²) >= 11 is 0. The monoisotopic (exact) mass is 335 g/mol. The molecule has 25 heavy (non-hydrogen) atoms. The fraction of sp³-hybridized carbons (Fsp3) is 0.300. The van der Waals surface area contributed by atoms with E-state index in [1.54, 1.807) is 7.11 Å². The van der Waals surface area contributed by atoms with Gasteiger partial charge in [-0.25, -0.2) is 4.98 Å². The molecule has 0 bridgehead atoms. The molecule has 1 amide bonds. The van der Waals surface area contributed by atoms with Crippen LogP contribution in [0, 0.1) is 12.8 Å². The molecule has 5 heteroatoms. The van der Waals surface area contributed by atoms with Crippen LogP contribution in [0.2, 0.25) is 0 Å². The molecule has 1 saturated carbocycles. The van der Waals surface area contributed by atoms with Crippen LogP contribution in [0.15, 0.2) is 36.5 Å². The molecule has 1 aromatic carbocycles. The number of aromatic nitrogens is 2. The van der Waals surface area contributed by atoms with Gasteiger partial charge in [-0.1, -0.05) is 6.07 Å². The van der Waals surface area contributed by atoms with Crippen molar-refractivity contribution in [3.8, 4) is 17.0 Å². The van der Waals surface area contributed by atoms with Crippen molar-refractivity contribution in [1.82, 2.24) is 9.55 Å². The standard InChI is InChI=1S/C20H21N3O2/c1-12-4-7-15(18(8-12)25-3)16-9-14-10-19(21-11-17(14)23(16)2)22-20(24)13-5-6-13/h4,7-11,13H,5-6H2,1-3H3,(H,21,22,24). The number of hydrogen-bond donors (Lipinski definition) is 1. The Morgan fingerprint density at radius 1 is 1.28 bits per heavy atom. The number of benzene rings is 1. The van der Waals surface area contributed by atoms with Crippen molar-refractivity contribution in [3.63, 3.8) is 0 Å². The highest BCUT2D eigenvalue weighted by Crippen LogP contribution is 2.35. The third kappa shape index (κ3) is 2.86. The van der Waals surface area contributed by atoms with Gasteiger partial charge >= 0.3 is 0 Å². The number of nitrogens with zero attached hydrogens (tertiary/aromatic N) is 2. The van der Waals surface area contributed by atoms with Gasteiger partial charge in [-0.2, -0.15) is 0 Å². The minimum Gasteiger partial charge on any atom is -0.496 e. The van der Waals surface area contributed by atoms with Crippen molar-refractivity contribution in [1.29, 1.82) is 0 Å². The molecule has 5 nitrogen and oxygen atoms in total. The molecule has 1 aliphatic carbocycles. The van der Waals surface area contributed by atoms with Crippen LogP contribution in [-0.2, 0) is 11.8 Å². The van der Waals surface area contributed by atoms with Crippen LogP contribution in [0.4, 0.5) is 5.82 Å². The highest BCUT2D eigenvalue weighted by molar-refractivity contribution is 5.96. The van der Waals surface area contributed by atoms with E-state index in [0.717, 1.165) is 46.3 Å². The number of rotatable bonds is 4. The second-order valence-corrected chi connectivity index (χ2v) is 6.68. The molecule has 3 aromatic rings. The van der Waals surface area contributed by atoms with Gasteiger partial charge in [0.1, 0.15) is 11.6 Å². The third-order valence-corrected chi connectivity index (χ3v) is 4.76. The van der Waals surface area contributed by atoms with Crippen molar-refractivity contribution in [2.24, 2.45) is 13.0 Å². The zero-order valence-electron chi connectivity index (χ0n) is 14.7. The molecular weight excluding hydrogens is 314 g/mol.